The number of hydrogen-bond acceptors (Lipinski definition) is 6. The molecule has 1 N–H and O–H groups in total. The van der Waals surface area contributed by atoms with Crippen LogP contribution in [0.4, 0.5) is 0 Å². The van der Waals surface area contributed by atoms with Crippen LogP contribution in [0.25, 0.3) is 0 Å². The highest BCUT2D eigenvalue weighted by molar-refractivity contribution is 5.97. The summed E-state index contributed by atoms with van der Waals surface area (Å²) in [5.74, 6) is -1.06. The molecule has 1 aromatic heterocycles. The minimum atomic E-state index is -0.807. The van der Waals surface area contributed by atoms with E-state index in [1.807, 2.05) is 44.2 Å². The number of Topliss-reactive ketones (excluding diaryl/α,β-unsaturated/α-hetero) is 1. The van der Waals surface area contributed by atoms with Gasteiger partial charge in [0.2, 0.25) is 5.91 Å². The van der Waals surface area contributed by atoms with Gasteiger partial charge in [0.05, 0.1) is 18.9 Å². The Labute approximate surface area is 199 Å². The van der Waals surface area contributed by atoms with Gasteiger partial charge >= 0.3 is 5.97 Å². The molecule has 0 radical (unpaired) electrons. The van der Waals surface area contributed by atoms with Gasteiger partial charge < -0.3 is 19.4 Å². The van der Waals surface area contributed by atoms with Gasteiger partial charge in [0, 0.05) is 19.4 Å². The zero-order valence-corrected chi connectivity index (χ0v) is 19.7. The molecule has 1 unspecified atom stereocenters. The summed E-state index contributed by atoms with van der Waals surface area (Å²) < 4.78 is 10.5. The lowest BCUT2D eigenvalue weighted by Crippen LogP contribution is -2.44. The molecule has 0 aliphatic carbocycles. The molecule has 1 aliphatic heterocycles. The number of carbonyl (C=O) groups excluding carboxylic acids is 4. The van der Waals surface area contributed by atoms with E-state index in [2.05, 4.69) is 5.32 Å². The van der Waals surface area contributed by atoms with Crippen molar-refractivity contribution in [3.05, 3.63) is 60.1 Å². The van der Waals surface area contributed by atoms with Crippen LogP contribution in [0.15, 0.2) is 53.1 Å². The summed E-state index contributed by atoms with van der Waals surface area (Å²) in [5.41, 5.74) is 0.888. The Morgan fingerprint density at radius 1 is 1.09 bits per heavy atom. The van der Waals surface area contributed by atoms with Crippen molar-refractivity contribution in [2.75, 3.05) is 13.2 Å². The molecule has 1 aromatic carbocycles. The number of carbonyl (C=O) groups is 4. The molecule has 2 aromatic rings. The van der Waals surface area contributed by atoms with E-state index in [1.165, 1.54) is 17.2 Å². The molecule has 0 bridgehead atoms. The van der Waals surface area contributed by atoms with E-state index in [0.29, 0.717) is 26.0 Å². The minimum absolute atomic E-state index is 0.0330. The lowest BCUT2D eigenvalue weighted by atomic mass is 9.99. The molecule has 1 fully saturated rings. The first-order chi connectivity index (χ1) is 16.3. The Morgan fingerprint density at radius 2 is 1.85 bits per heavy atom. The van der Waals surface area contributed by atoms with Gasteiger partial charge in [0.1, 0.15) is 6.04 Å². The monoisotopic (exact) mass is 468 g/mol. The standard InChI is InChI=1S/C26H32N2O6/c1-18(2)17-34-26(32)21-10-6-14-28(21)24(30)13-12-22(29)20(16-19-8-4-3-5-9-19)27-25(31)23-11-7-15-33-23/h3-5,7-9,11,15,18,20-21H,6,10,12-14,16-17H2,1-2H3,(H,27,31)/t20?,21-/m0/s1. The summed E-state index contributed by atoms with van der Waals surface area (Å²) in [6, 6.07) is 11.1. The zero-order valence-electron chi connectivity index (χ0n) is 19.7. The van der Waals surface area contributed by atoms with Crippen molar-refractivity contribution in [1.82, 2.24) is 10.2 Å². The largest absolute Gasteiger partial charge is 0.464 e. The van der Waals surface area contributed by atoms with Crippen molar-refractivity contribution in [2.24, 2.45) is 5.92 Å². The molecule has 0 saturated carbocycles. The predicted molar refractivity (Wildman–Crippen MR) is 125 cm³/mol. The van der Waals surface area contributed by atoms with Gasteiger partial charge in [0.25, 0.3) is 5.91 Å². The number of ketones is 1. The fraction of sp³-hybridized carbons (Fsp3) is 0.462. The van der Waals surface area contributed by atoms with E-state index in [4.69, 9.17) is 9.15 Å². The maximum absolute atomic E-state index is 13.1. The van der Waals surface area contributed by atoms with E-state index in [0.717, 1.165) is 12.0 Å². The average molecular weight is 469 g/mol. The van der Waals surface area contributed by atoms with Gasteiger partial charge in [-0.1, -0.05) is 44.2 Å². The molecule has 0 spiro atoms. The van der Waals surface area contributed by atoms with Crippen molar-refractivity contribution in [3.63, 3.8) is 0 Å². The van der Waals surface area contributed by atoms with Crippen LogP contribution in [0.1, 0.15) is 55.6 Å². The molecule has 1 aliphatic rings. The quantitative estimate of drug-likeness (QED) is 0.508. The molecule has 1 saturated heterocycles. The number of nitrogens with one attached hydrogen (secondary N) is 1. The molecule has 182 valence electrons. The van der Waals surface area contributed by atoms with Gasteiger partial charge in [-0.15, -0.1) is 0 Å². The summed E-state index contributed by atoms with van der Waals surface area (Å²) in [6.07, 6.45) is 2.89. The maximum atomic E-state index is 13.1. The van der Waals surface area contributed by atoms with Gasteiger partial charge in [-0.2, -0.15) is 0 Å². The van der Waals surface area contributed by atoms with Crippen molar-refractivity contribution in [1.29, 1.82) is 0 Å². The number of ether oxygens (including phenoxy) is 1. The van der Waals surface area contributed by atoms with Crippen LogP contribution in [0.2, 0.25) is 0 Å². The first-order valence-electron chi connectivity index (χ1n) is 11.7. The third kappa shape index (κ3) is 7.04. The summed E-state index contributed by atoms with van der Waals surface area (Å²) in [4.78, 5) is 52.3. The normalized spacial score (nSPS) is 16.3. The number of nitrogens with zero attached hydrogens (tertiary/aromatic N) is 1. The number of likely N-dealkylation sites (tertiary alicyclic amines) is 1. The average Bonchev–Trinajstić information content (AvgIpc) is 3.53. The Bertz CT molecular complexity index is 970. The Morgan fingerprint density at radius 3 is 2.53 bits per heavy atom. The summed E-state index contributed by atoms with van der Waals surface area (Å²) in [7, 11) is 0. The van der Waals surface area contributed by atoms with E-state index in [-0.39, 0.29) is 36.2 Å². The van der Waals surface area contributed by atoms with Crippen molar-refractivity contribution in [2.45, 2.75) is 58.0 Å². The SMILES string of the molecule is CC(C)COC(=O)[C@@H]1CCCN1C(=O)CCC(=O)C(Cc1ccccc1)NC(=O)c1ccco1. The van der Waals surface area contributed by atoms with Crippen LogP contribution in [0, 0.1) is 5.92 Å². The molecule has 2 atom stereocenters. The highest BCUT2D eigenvalue weighted by Crippen LogP contribution is 2.21. The maximum Gasteiger partial charge on any atom is 0.328 e. The van der Waals surface area contributed by atoms with Crippen molar-refractivity contribution < 1.29 is 28.3 Å². The van der Waals surface area contributed by atoms with Crippen LogP contribution in [0.3, 0.4) is 0 Å². The minimum Gasteiger partial charge on any atom is -0.464 e. The third-order valence-corrected chi connectivity index (χ3v) is 5.71. The van der Waals surface area contributed by atoms with E-state index in [9.17, 15) is 19.2 Å². The fourth-order valence-electron chi connectivity index (χ4n) is 3.94. The second-order valence-electron chi connectivity index (χ2n) is 8.93. The molecule has 8 heteroatoms. The molecule has 2 amide bonds. The fourth-order valence-corrected chi connectivity index (χ4v) is 3.94. The molecular formula is C26H32N2O6. The van der Waals surface area contributed by atoms with Crippen LogP contribution in [-0.2, 0) is 25.5 Å². The van der Waals surface area contributed by atoms with Gasteiger partial charge in [-0.05, 0) is 42.9 Å². The van der Waals surface area contributed by atoms with Gasteiger partial charge in [-0.3, -0.25) is 14.4 Å². The molecule has 3 rings (SSSR count). The molecule has 34 heavy (non-hydrogen) atoms. The van der Waals surface area contributed by atoms with Crippen LogP contribution < -0.4 is 5.32 Å². The van der Waals surface area contributed by atoms with Crippen LogP contribution >= 0.6 is 0 Å². The molecule has 2 heterocycles. The van der Waals surface area contributed by atoms with E-state index in [1.54, 1.807) is 6.07 Å². The number of benzene rings is 1. The van der Waals surface area contributed by atoms with Crippen molar-refractivity contribution >= 4 is 23.6 Å². The second kappa shape index (κ2) is 12.2. The third-order valence-electron chi connectivity index (χ3n) is 5.71. The molecule has 8 nitrogen and oxygen atoms in total. The Kier molecular flexibility index (Phi) is 9.01. The lowest BCUT2D eigenvalue weighted by molar-refractivity contribution is -0.154. The Hall–Kier alpha value is -3.42. The van der Waals surface area contributed by atoms with Crippen molar-refractivity contribution in [3.8, 4) is 0 Å². The summed E-state index contributed by atoms with van der Waals surface area (Å²) >= 11 is 0. The number of furan rings is 1. The van der Waals surface area contributed by atoms with Gasteiger partial charge in [0.15, 0.2) is 11.5 Å². The highest BCUT2D eigenvalue weighted by Gasteiger charge is 2.35. The van der Waals surface area contributed by atoms with E-state index >= 15 is 0 Å². The Balaban J connectivity index is 1.60. The van der Waals surface area contributed by atoms with Crippen LogP contribution in [-0.4, -0.2) is 53.7 Å². The lowest BCUT2D eigenvalue weighted by Gasteiger charge is -2.24. The highest BCUT2D eigenvalue weighted by atomic mass is 16.5. The number of hydrogen-bond donors (Lipinski definition) is 1. The van der Waals surface area contributed by atoms with E-state index < -0.39 is 24.0 Å². The topological polar surface area (TPSA) is 106 Å². The number of amides is 2. The van der Waals surface area contributed by atoms with Gasteiger partial charge in [-0.25, -0.2) is 4.79 Å². The smallest absolute Gasteiger partial charge is 0.328 e. The summed E-state index contributed by atoms with van der Waals surface area (Å²) in [5, 5.41) is 2.73. The second-order valence-corrected chi connectivity index (χ2v) is 8.93. The molecular weight excluding hydrogens is 436 g/mol. The van der Waals surface area contributed by atoms with Crippen LogP contribution in [0.5, 0.6) is 0 Å². The first-order valence-corrected chi connectivity index (χ1v) is 11.7. The zero-order chi connectivity index (χ0) is 24.5. The number of esters is 1. The predicted octanol–water partition coefficient (Wildman–Crippen LogP) is 3.16. The summed E-state index contributed by atoms with van der Waals surface area (Å²) in [6.45, 7) is 4.68. The number of rotatable bonds is 11. The first kappa shape index (κ1) is 25.2.